The maximum atomic E-state index is 10.8. The molecule has 0 radical (unpaired) electrons. The van der Waals surface area contributed by atoms with Gasteiger partial charge in [0.25, 0.3) is 0 Å². The highest BCUT2D eigenvalue weighted by Gasteiger charge is 2.31. The van der Waals surface area contributed by atoms with Gasteiger partial charge in [0.15, 0.2) is 0 Å². The highest BCUT2D eigenvalue weighted by Crippen LogP contribution is 2.18. The van der Waals surface area contributed by atoms with Crippen LogP contribution in [0.3, 0.4) is 0 Å². The largest absolute Gasteiger partial charge is 0.391 e. The minimum absolute atomic E-state index is 0.0831. The van der Waals surface area contributed by atoms with Gasteiger partial charge < -0.3 is 19.6 Å². The highest BCUT2D eigenvalue weighted by atomic mass is 32.1. The van der Waals surface area contributed by atoms with E-state index < -0.39 is 6.10 Å². The third-order valence-corrected chi connectivity index (χ3v) is 2.93. The number of aldehydes is 1. The van der Waals surface area contributed by atoms with Gasteiger partial charge in [0, 0.05) is 25.8 Å². The molecule has 1 aliphatic heterocycles. The number of ketones is 1. The Morgan fingerprint density at radius 1 is 1.60 bits per heavy atom. The fourth-order valence-electron chi connectivity index (χ4n) is 1.69. The molecule has 84 valence electrons. The number of carbonyl (C=O) groups is 2. The number of nitrogens with zero attached hydrogens (tertiary/aromatic N) is 1. The Labute approximate surface area is 94.3 Å². The summed E-state index contributed by atoms with van der Waals surface area (Å²) in [5.41, 5.74) is 0. The summed E-state index contributed by atoms with van der Waals surface area (Å²) in [7, 11) is 0. The monoisotopic (exact) mass is 229 g/mol. The Morgan fingerprint density at radius 3 is 2.80 bits per heavy atom. The third kappa shape index (κ3) is 3.35. The molecule has 4 nitrogen and oxygen atoms in total. The average molecular weight is 229 g/mol. The van der Waals surface area contributed by atoms with E-state index in [0.29, 0.717) is 30.8 Å². The van der Waals surface area contributed by atoms with E-state index in [1.807, 2.05) is 0 Å². The summed E-state index contributed by atoms with van der Waals surface area (Å²) in [6.07, 6.45) is 1.63. The minimum atomic E-state index is -0.490. The van der Waals surface area contributed by atoms with Crippen molar-refractivity contribution in [3.63, 3.8) is 0 Å². The van der Waals surface area contributed by atoms with Gasteiger partial charge in [0.2, 0.25) is 0 Å². The molecule has 0 amide bonds. The molecule has 0 aliphatic carbocycles. The van der Waals surface area contributed by atoms with Crippen molar-refractivity contribution in [2.45, 2.75) is 38.3 Å². The van der Waals surface area contributed by atoms with Crippen molar-refractivity contribution in [1.82, 2.24) is 4.90 Å². The van der Waals surface area contributed by atoms with Gasteiger partial charge in [-0.15, -0.1) is 0 Å². The van der Waals surface area contributed by atoms with Crippen molar-refractivity contribution >= 4 is 29.3 Å². The van der Waals surface area contributed by atoms with Gasteiger partial charge in [-0.05, 0) is 6.92 Å². The number of Topliss-reactive ketones (excluding diaryl/α,β-unsaturated/α-hetero) is 1. The van der Waals surface area contributed by atoms with Crippen LogP contribution in [0.4, 0.5) is 0 Å². The molecule has 0 bridgehead atoms. The van der Waals surface area contributed by atoms with Crippen LogP contribution in [0.15, 0.2) is 0 Å². The minimum Gasteiger partial charge on any atom is -0.391 e. The number of aliphatic hydroxyl groups excluding tert-OH is 1. The maximum Gasteiger partial charge on any atom is 0.142 e. The van der Waals surface area contributed by atoms with E-state index in [2.05, 4.69) is 0 Å². The Morgan fingerprint density at radius 2 is 2.27 bits per heavy atom. The first-order chi connectivity index (χ1) is 7.04. The molecule has 2 atom stereocenters. The number of carbonyl (C=O) groups excluding carboxylic acids is 2. The summed E-state index contributed by atoms with van der Waals surface area (Å²) in [6.45, 7) is 1.92. The predicted molar refractivity (Wildman–Crippen MR) is 59.7 cm³/mol. The van der Waals surface area contributed by atoms with Gasteiger partial charge in [-0.25, -0.2) is 0 Å². The fourth-order valence-corrected chi connectivity index (χ4v) is 2.00. The van der Waals surface area contributed by atoms with Gasteiger partial charge in [-0.2, -0.15) is 0 Å². The summed E-state index contributed by atoms with van der Waals surface area (Å²) in [5.74, 6) is 0.0831. The maximum absolute atomic E-state index is 10.8. The Bertz CT molecular complexity index is 280. The number of β-amino-alcohol motifs (C(OH)–C–C–N with tert-alkyl or cyclic N) is 1. The smallest absolute Gasteiger partial charge is 0.142 e. The number of hydrogen-bond donors (Lipinski definition) is 1. The summed E-state index contributed by atoms with van der Waals surface area (Å²) in [4.78, 5) is 23.8. The molecule has 1 heterocycles. The van der Waals surface area contributed by atoms with Crippen molar-refractivity contribution in [2.24, 2.45) is 0 Å². The summed E-state index contributed by atoms with van der Waals surface area (Å²) < 4.78 is 0. The molecule has 1 aliphatic rings. The standard InChI is InChI=1S/C10H15NO3S/c1-7(13)2-3-10(15)11-5-9(14)4-8(11)6-12/h6,8-9,14H,2-5H2,1H3. The van der Waals surface area contributed by atoms with E-state index in [9.17, 15) is 14.7 Å². The van der Waals surface area contributed by atoms with E-state index >= 15 is 0 Å². The van der Waals surface area contributed by atoms with Crippen LogP contribution < -0.4 is 0 Å². The van der Waals surface area contributed by atoms with Gasteiger partial charge in [-0.3, -0.25) is 0 Å². The van der Waals surface area contributed by atoms with E-state index in [1.54, 1.807) is 4.90 Å². The average Bonchev–Trinajstić information content (AvgIpc) is 2.56. The summed E-state index contributed by atoms with van der Waals surface area (Å²) in [5, 5.41) is 9.40. The molecule has 1 N–H and O–H groups in total. The number of likely N-dealkylation sites (tertiary alicyclic amines) is 1. The molecule has 1 saturated heterocycles. The fraction of sp³-hybridized carbons (Fsp3) is 0.700. The zero-order chi connectivity index (χ0) is 11.4. The van der Waals surface area contributed by atoms with Crippen LogP contribution in [-0.4, -0.2) is 45.8 Å². The molecule has 0 saturated carbocycles. The molecular formula is C10H15NO3S. The van der Waals surface area contributed by atoms with Crippen LogP contribution in [-0.2, 0) is 9.59 Å². The van der Waals surface area contributed by atoms with Gasteiger partial charge >= 0.3 is 0 Å². The van der Waals surface area contributed by atoms with Gasteiger partial charge in [0.1, 0.15) is 12.1 Å². The van der Waals surface area contributed by atoms with Crippen LogP contribution in [0.25, 0.3) is 0 Å². The quantitative estimate of drug-likeness (QED) is 0.555. The molecule has 0 aromatic carbocycles. The normalized spacial score (nSPS) is 25.3. The molecule has 1 fully saturated rings. The number of rotatable bonds is 4. The second-order valence-electron chi connectivity index (χ2n) is 3.84. The lowest BCUT2D eigenvalue weighted by Crippen LogP contribution is -2.35. The van der Waals surface area contributed by atoms with E-state index in [1.165, 1.54) is 6.92 Å². The molecular weight excluding hydrogens is 214 g/mol. The molecule has 5 heteroatoms. The zero-order valence-corrected chi connectivity index (χ0v) is 9.50. The number of thiocarbonyl (C=S) groups is 1. The van der Waals surface area contributed by atoms with Crippen LogP contribution in [0, 0.1) is 0 Å². The first-order valence-electron chi connectivity index (χ1n) is 4.97. The number of aliphatic hydroxyl groups is 1. The van der Waals surface area contributed by atoms with E-state index in [0.717, 1.165) is 6.29 Å². The first-order valence-corrected chi connectivity index (χ1v) is 5.37. The van der Waals surface area contributed by atoms with Crippen molar-refractivity contribution in [3.05, 3.63) is 0 Å². The van der Waals surface area contributed by atoms with Gasteiger partial charge in [-0.1, -0.05) is 12.2 Å². The van der Waals surface area contributed by atoms with Crippen LogP contribution in [0.2, 0.25) is 0 Å². The lowest BCUT2D eigenvalue weighted by atomic mass is 10.2. The predicted octanol–water partition coefficient (Wildman–Crippen LogP) is 0.317. The Hall–Kier alpha value is -0.810. The van der Waals surface area contributed by atoms with Crippen molar-refractivity contribution in [3.8, 4) is 0 Å². The molecule has 0 spiro atoms. The molecule has 1 rings (SSSR count). The molecule has 0 aromatic rings. The summed E-state index contributed by atoms with van der Waals surface area (Å²) >= 11 is 5.13. The van der Waals surface area contributed by atoms with Gasteiger partial charge in [0.05, 0.1) is 17.1 Å². The van der Waals surface area contributed by atoms with Crippen LogP contribution in [0.1, 0.15) is 26.2 Å². The topological polar surface area (TPSA) is 57.6 Å². The summed E-state index contributed by atoms with van der Waals surface area (Å²) in [6, 6.07) is -0.320. The van der Waals surface area contributed by atoms with E-state index in [4.69, 9.17) is 12.2 Å². The molecule has 2 unspecified atom stereocenters. The van der Waals surface area contributed by atoms with Crippen molar-refractivity contribution in [1.29, 1.82) is 0 Å². The van der Waals surface area contributed by atoms with E-state index in [-0.39, 0.29) is 11.8 Å². The van der Waals surface area contributed by atoms with Crippen molar-refractivity contribution in [2.75, 3.05) is 6.54 Å². The SMILES string of the molecule is CC(=O)CCC(=S)N1CC(O)CC1C=O. The van der Waals surface area contributed by atoms with Crippen LogP contribution >= 0.6 is 12.2 Å². The Kier molecular flexibility index (Phi) is 4.35. The lowest BCUT2D eigenvalue weighted by molar-refractivity contribution is -0.116. The second kappa shape index (κ2) is 5.32. The first kappa shape index (κ1) is 12.3. The number of hydrogen-bond acceptors (Lipinski definition) is 4. The van der Waals surface area contributed by atoms with Crippen molar-refractivity contribution < 1.29 is 14.7 Å². The highest BCUT2D eigenvalue weighted by molar-refractivity contribution is 7.80. The second-order valence-corrected chi connectivity index (χ2v) is 4.31. The van der Waals surface area contributed by atoms with Crippen LogP contribution in [0.5, 0.6) is 0 Å². The third-order valence-electron chi connectivity index (χ3n) is 2.49. The Balaban J connectivity index is 2.51. The lowest BCUT2D eigenvalue weighted by Gasteiger charge is -2.22. The zero-order valence-electron chi connectivity index (χ0n) is 8.68. The molecule has 0 aromatic heterocycles. The molecule has 15 heavy (non-hydrogen) atoms.